The summed E-state index contributed by atoms with van der Waals surface area (Å²) in [5, 5.41) is 10.4. The molecule has 19 heavy (non-hydrogen) atoms. The summed E-state index contributed by atoms with van der Waals surface area (Å²) in [6.45, 7) is 6.36. The largest absolute Gasteiger partial charge is 0.497 e. The monoisotopic (exact) mass is 263 g/mol. The molecule has 1 N–H and O–H groups in total. The second-order valence-electron chi connectivity index (χ2n) is 5.65. The summed E-state index contributed by atoms with van der Waals surface area (Å²) in [6.07, 6.45) is 2.09. The first-order valence-electron chi connectivity index (χ1n) is 7.18. The number of piperidine rings is 1. The van der Waals surface area contributed by atoms with Crippen LogP contribution < -0.4 is 4.74 Å². The Morgan fingerprint density at radius 2 is 2.21 bits per heavy atom. The van der Waals surface area contributed by atoms with Crippen LogP contribution in [-0.2, 0) is 0 Å². The van der Waals surface area contributed by atoms with Crippen molar-refractivity contribution in [3.05, 3.63) is 29.8 Å². The highest BCUT2D eigenvalue weighted by Gasteiger charge is 2.26. The van der Waals surface area contributed by atoms with E-state index in [1.807, 2.05) is 24.3 Å². The molecule has 1 aliphatic heterocycles. The topological polar surface area (TPSA) is 32.7 Å². The Morgan fingerprint density at radius 3 is 2.95 bits per heavy atom. The van der Waals surface area contributed by atoms with Crippen LogP contribution in [0.5, 0.6) is 5.75 Å². The standard InChI is InChI=1S/C16H25NO2/c1-12-6-5-9-17(13(12)2)11-16(18)14-7-4-8-15(10-14)19-3/h4,7-8,10,12-13,16,18H,5-6,9,11H2,1-3H3. The molecule has 3 nitrogen and oxygen atoms in total. The zero-order valence-corrected chi connectivity index (χ0v) is 12.2. The van der Waals surface area contributed by atoms with E-state index in [1.54, 1.807) is 7.11 Å². The Bertz CT molecular complexity index is 407. The number of aliphatic hydroxyl groups is 1. The molecule has 0 amide bonds. The summed E-state index contributed by atoms with van der Waals surface area (Å²) >= 11 is 0. The molecule has 1 aromatic carbocycles. The van der Waals surface area contributed by atoms with Crippen LogP contribution in [0.2, 0.25) is 0 Å². The minimum Gasteiger partial charge on any atom is -0.497 e. The van der Waals surface area contributed by atoms with Gasteiger partial charge in [-0.2, -0.15) is 0 Å². The van der Waals surface area contributed by atoms with Crippen molar-refractivity contribution < 1.29 is 9.84 Å². The van der Waals surface area contributed by atoms with Crippen molar-refractivity contribution in [1.82, 2.24) is 4.90 Å². The molecule has 3 atom stereocenters. The smallest absolute Gasteiger partial charge is 0.119 e. The van der Waals surface area contributed by atoms with Crippen LogP contribution in [-0.4, -0.2) is 36.2 Å². The summed E-state index contributed by atoms with van der Waals surface area (Å²) in [5.41, 5.74) is 0.935. The number of rotatable bonds is 4. The highest BCUT2D eigenvalue weighted by Crippen LogP contribution is 2.26. The van der Waals surface area contributed by atoms with Gasteiger partial charge in [-0.25, -0.2) is 0 Å². The molecule has 106 valence electrons. The van der Waals surface area contributed by atoms with Crippen LogP contribution in [0.3, 0.4) is 0 Å². The molecule has 0 spiro atoms. The van der Waals surface area contributed by atoms with E-state index in [9.17, 15) is 5.11 Å². The maximum absolute atomic E-state index is 10.4. The number of hydrogen-bond donors (Lipinski definition) is 1. The van der Waals surface area contributed by atoms with Crippen molar-refractivity contribution in [1.29, 1.82) is 0 Å². The summed E-state index contributed by atoms with van der Waals surface area (Å²) in [5.74, 6) is 1.52. The Hall–Kier alpha value is -1.06. The Balaban J connectivity index is 2.01. The summed E-state index contributed by atoms with van der Waals surface area (Å²) in [6, 6.07) is 8.27. The molecule has 0 bridgehead atoms. The van der Waals surface area contributed by atoms with E-state index in [4.69, 9.17) is 4.74 Å². The molecule has 1 saturated heterocycles. The predicted octanol–water partition coefficient (Wildman–Crippen LogP) is 2.85. The maximum Gasteiger partial charge on any atom is 0.119 e. The molecule has 0 aliphatic carbocycles. The molecule has 3 unspecified atom stereocenters. The van der Waals surface area contributed by atoms with Crippen molar-refractivity contribution in [3.8, 4) is 5.75 Å². The number of β-amino-alcohol motifs (C(OH)–C–C–N with tert-alkyl or cyclic N) is 1. The molecule has 0 saturated carbocycles. The van der Waals surface area contributed by atoms with Crippen LogP contribution in [0, 0.1) is 5.92 Å². The molecule has 3 heteroatoms. The first-order chi connectivity index (χ1) is 9.11. The minimum absolute atomic E-state index is 0.442. The number of hydrogen-bond acceptors (Lipinski definition) is 3. The van der Waals surface area contributed by atoms with Crippen molar-refractivity contribution >= 4 is 0 Å². The van der Waals surface area contributed by atoms with Crippen molar-refractivity contribution in [3.63, 3.8) is 0 Å². The summed E-state index contributed by atoms with van der Waals surface area (Å²) < 4.78 is 5.21. The lowest BCUT2D eigenvalue weighted by Gasteiger charge is -2.39. The maximum atomic E-state index is 10.4. The van der Waals surface area contributed by atoms with E-state index in [1.165, 1.54) is 12.8 Å². The lowest BCUT2D eigenvalue weighted by molar-refractivity contribution is 0.0512. The van der Waals surface area contributed by atoms with E-state index in [0.29, 0.717) is 18.5 Å². The third kappa shape index (κ3) is 3.48. The van der Waals surface area contributed by atoms with Crippen LogP contribution >= 0.6 is 0 Å². The van der Waals surface area contributed by atoms with Crippen molar-refractivity contribution in [2.45, 2.75) is 38.8 Å². The molecular formula is C16H25NO2. The van der Waals surface area contributed by atoms with Gasteiger partial charge in [0, 0.05) is 12.6 Å². The second-order valence-corrected chi connectivity index (χ2v) is 5.65. The minimum atomic E-state index is -0.442. The van der Waals surface area contributed by atoms with Gasteiger partial charge in [0.1, 0.15) is 5.75 Å². The zero-order chi connectivity index (χ0) is 13.8. The van der Waals surface area contributed by atoms with Gasteiger partial charge in [0.05, 0.1) is 13.2 Å². The van der Waals surface area contributed by atoms with Gasteiger partial charge < -0.3 is 9.84 Å². The van der Waals surface area contributed by atoms with Crippen LogP contribution in [0.4, 0.5) is 0 Å². The first-order valence-corrected chi connectivity index (χ1v) is 7.18. The highest BCUT2D eigenvalue weighted by molar-refractivity contribution is 5.29. The fourth-order valence-electron chi connectivity index (χ4n) is 2.85. The van der Waals surface area contributed by atoms with Gasteiger partial charge in [-0.3, -0.25) is 4.90 Å². The lowest BCUT2D eigenvalue weighted by atomic mass is 9.91. The molecule has 1 fully saturated rings. The SMILES string of the molecule is COc1cccc(C(O)CN2CCCC(C)C2C)c1. The summed E-state index contributed by atoms with van der Waals surface area (Å²) in [4.78, 5) is 2.40. The molecule has 1 aromatic rings. The fraction of sp³-hybridized carbons (Fsp3) is 0.625. The van der Waals surface area contributed by atoms with Gasteiger partial charge in [-0.1, -0.05) is 19.1 Å². The number of nitrogens with zero attached hydrogens (tertiary/aromatic N) is 1. The average Bonchev–Trinajstić information content (AvgIpc) is 2.44. The average molecular weight is 263 g/mol. The fourth-order valence-corrected chi connectivity index (χ4v) is 2.85. The van der Waals surface area contributed by atoms with E-state index in [0.717, 1.165) is 17.9 Å². The molecule has 0 radical (unpaired) electrons. The highest BCUT2D eigenvalue weighted by atomic mass is 16.5. The molecular weight excluding hydrogens is 238 g/mol. The van der Waals surface area contributed by atoms with Gasteiger partial charge in [0.25, 0.3) is 0 Å². The molecule has 1 heterocycles. The van der Waals surface area contributed by atoms with Gasteiger partial charge in [0.15, 0.2) is 0 Å². The van der Waals surface area contributed by atoms with Crippen LogP contribution in [0.15, 0.2) is 24.3 Å². The number of ether oxygens (including phenoxy) is 1. The van der Waals surface area contributed by atoms with Crippen LogP contribution in [0.1, 0.15) is 38.4 Å². The van der Waals surface area contributed by atoms with E-state index in [2.05, 4.69) is 18.7 Å². The van der Waals surface area contributed by atoms with Gasteiger partial charge in [-0.05, 0) is 49.9 Å². The normalized spacial score (nSPS) is 26.1. The Labute approximate surface area is 116 Å². The van der Waals surface area contributed by atoms with Gasteiger partial charge >= 0.3 is 0 Å². The first kappa shape index (κ1) is 14.4. The third-order valence-electron chi connectivity index (χ3n) is 4.39. The number of methoxy groups -OCH3 is 1. The second kappa shape index (κ2) is 6.40. The van der Waals surface area contributed by atoms with E-state index in [-0.39, 0.29) is 0 Å². The Kier molecular flexibility index (Phi) is 4.83. The molecule has 2 rings (SSSR count). The van der Waals surface area contributed by atoms with Gasteiger partial charge in [-0.15, -0.1) is 0 Å². The molecule has 0 aromatic heterocycles. The quantitative estimate of drug-likeness (QED) is 0.906. The summed E-state index contributed by atoms with van der Waals surface area (Å²) in [7, 11) is 1.65. The van der Waals surface area contributed by atoms with E-state index >= 15 is 0 Å². The lowest BCUT2D eigenvalue weighted by Crippen LogP contribution is -2.44. The number of likely N-dealkylation sites (tertiary alicyclic amines) is 1. The van der Waals surface area contributed by atoms with Crippen LogP contribution in [0.25, 0.3) is 0 Å². The van der Waals surface area contributed by atoms with Crippen molar-refractivity contribution in [2.24, 2.45) is 5.92 Å². The van der Waals surface area contributed by atoms with Crippen molar-refractivity contribution in [2.75, 3.05) is 20.2 Å². The zero-order valence-electron chi connectivity index (χ0n) is 12.2. The molecule has 1 aliphatic rings. The number of benzene rings is 1. The van der Waals surface area contributed by atoms with E-state index < -0.39 is 6.10 Å². The number of aliphatic hydroxyl groups excluding tert-OH is 1. The predicted molar refractivity (Wildman–Crippen MR) is 77.4 cm³/mol. The third-order valence-corrected chi connectivity index (χ3v) is 4.39. The van der Waals surface area contributed by atoms with Gasteiger partial charge in [0.2, 0.25) is 0 Å². The Morgan fingerprint density at radius 1 is 1.42 bits per heavy atom.